The van der Waals surface area contributed by atoms with Crippen LogP contribution in [0.1, 0.15) is 12.0 Å². The molecule has 3 nitrogen and oxygen atoms in total. The normalized spacial score (nSPS) is 18.9. The van der Waals surface area contributed by atoms with Gasteiger partial charge in [-0.2, -0.15) is 0 Å². The molecule has 82 valence electrons. The minimum absolute atomic E-state index is 0.222. The zero-order chi connectivity index (χ0) is 10.5. The van der Waals surface area contributed by atoms with Crippen molar-refractivity contribution in [3.8, 4) is 5.75 Å². The summed E-state index contributed by atoms with van der Waals surface area (Å²) >= 11 is 0. The van der Waals surface area contributed by atoms with Gasteiger partial charge in [-0.15, -0.1) is 0 Å². The van der Waals surface area contributed by atoms with Gasteiger partial charge < -0.3 is 14.6 Å². The summed E-state index contributed by atoms with van der Waals surface area (Å²) in [6.07, 6.45) is 1.93. The smallest absolute Gasteiger partial charge is 0.122 e. The van der Waals surface area contributed by atoms with E-state index in [1.54, 1.807) is 0 Å². The molecule has 2 rings (SSSR count). The summed E-state index contributed by atoms with van der Waals surface area (Å²) in [4.78, 5) is 0. The third kappa shape index (κ3) is 3.22. The highest BCUT2D eigenvalue weighted by Crippen LogP contribution is 2.21. The maximum Gasteiger partial charge on any atom is 0.122 e. The van der Waals surface area contributed by atoms with Gasteiger partial charge in [-0.1, -0.05) is 18.2 Å². The van der Waals surface area contributed by atoms with Gasteiger partial charge in [0, 0.05) is 6.61 Å². The molecule has 0 aliphatic carbocycles. The van der Waals surface area contributed by atoms with E-state index in [1.165, 1.54) is 0 Å². The van der Waals surface area contributed by atoms with Crippen molar-refractivity contribution in [1.82, 2.24) is 0 Å². The van der Waals surface area contributed by atoms with Crippen LogP contribution in [0, 0.1) is 0 Å². The Kier molecular flexibility index (Phi) is 3.59. The molecule has 0 aromatic heterocycles. The van der Waals surface area contributed by atoms with Crippen molar-refractivity contribution < 1.29 is 14.6 Å². The van der Waals surface area contributed by atoms with Crippen LogP contribution in [-0.4, -0.2) is 31.0 Å². The van der Waals surface area contributed by atoms with Crippen molar-refractivity contribution in [2.24, 2.45) is 0 Å². The van der Waals surface area contributed by atoms with Crippen LogP contribution in [0.15, 0.2) is 24.3 Å². The second-order valence-corrected chi connectivity index (χ2v) is 3.70. The topological polar surface area (TPSA) is 42.0 Å². The van der Waals surface area contributed by atoms with Crippen molar-refractivity contribution in [3.05, 3.63) is 29.8 Å². The first-order valence-electron chi connectivity index (χ1n) is 5.33. The average Bonchev–Trinajstić information content (AvgIpc) is 3.08. The van der Waals surface area contributed by atoms with Gasteiger partial charge in [-0.05, 0) is 24.5 Å². The molecule has 1 aromatic rings. The highest BCUT2D eigenvalue weighted by Gasteiger charge is 2.23. The molecule has 1 atom stereocenters. The number of ether oxygens (including phenoxy) is 2. The van der Waals surface area contributed by atoms with E-state index in [0.717, 1.165) is 30.8 Å². The van der Waals surface area contributed by atoms with Crippen molar-refractivity contribution in [2.45, 2.75) is 18.9 Å². The number of aliphatic hydroxyl groups is 1. The lowest BCUT2D eigenvalue weighted by molar-refractivity contribution is 0.259. The van der Waals surface area contributed by atoms with Gasteiger partial charge >= 0.3 is 0 Å². The fourth-order valence-electron chi connectivity index (χ4n) is 1.47. The molecule has 0 bridgehead atoms. The lowest BCUT2D eigenvalue weighted by Crippen LogP contribution is -2.06. The summed E-state index contributed by atoms with van der Waals surface area (Å²) in [5.41, 5.74) is 1.16. The molecular weight excluding hydrogens is 192 g/mol. The number of aliphatic hydroxyl groups excluding tert-OH is 1. The largest absolute Gasteiger partial charge is 0.491 e. The zero-order valence-corrected chi connectivity index (χ0v) is 8.69. The van der Waals surface area contributed by atoms with Crippen LogP contribution in [0.3, 0.4) is 0 Å². The molecule has 1 aliphatic heterocycles. The molecule has 1 fully saturated rings. The van der Waals surface area contributed by atoms with Crippen molar-refractivity contribution in [2.75, 3.05) is 19.8 Å². The van der Waals surface area contributed by atoms with E-state index in [2.05, 4.69) is 0 Å². The van der Waals surface area contributed by atoms with Crippen molar-refractivity contribution in [3.63, 3.8) is 0 Å². The summed E-state index contributed by atoms with van der Waals surface area (Å²) < 4.78 is 10.7. The highest BCUT2D eigenvalue weighted by molar-refractivity contribution is 5.33. The van der Waals surface area contributed by atoms with Crippen LogP contribution in [0.2, 0.25) is 0 Å². The molecule has 1 N–H and O–H groups in total. The molecule has 1 saturated heterocycles. The lowest BCUT2D eigenvalue weighted by Gasteiger charge is -2.09. The standard InChI is InChI=1S/C12H16O3/c13-7-3-5-10-4-1-2-6-12(10)15-9-11-8-14-11/h1-2,4,6,11,13H,3,5,7-9H2. The number of epoxide rings is 1. The van der Waals surface area contributed by atoms with Crippen LogP contribution in [0.25, 0.3) is 0 Å². The molecule has 1 aliphatic rings. The molecule has 15 heavy (non-hydrogen) atoms. The van der Waals surface area contributed by atoms with E-state index >= 15 is 0 Å². The van der Waals surface area contributed by atoms with Gasteiger partial charge in [0.2, 0.25) is 0 Å². The third-order valence-electron chi connectivity index (χ3n) is 2.40. The Morgan fingerprint density at radius 3 is 2.93 bits per heavy atom. The first-order valence-corrected chi connectivity index (χ1v) is 5.33. The number of rotatable bonds is 6. The molecule has 0 saturated carbocycles. The predicted octanol–water partition coefficient (Wildman–Crippen LogP) is 1.39. The quantitative estimate of drug-likeness (QED) is 0.718. The Morgan fingerprint density at radius 1 is 1.40 bits per heavy atom. The number of hydrogen-bond donors (Lipinski definition) is 1. The van der Waals surface area contributed by atoms with Gasteiger partial charge in [0.1, 0.15) is 18.5 Å². The molecule has 1 unspecified atom stereocenters. The molecule has 0 radical (unpaired) electrons. The summed E-state index contributed by atoms with van der Waals surface area (Å²) in [7, 11) is 0. The number of para-hydroxylation sites is 1. The second kappa shape index (κ2) is 5.14. The van der Waals surface area contributed by atoms with Gasteiger partial charge in [-0.25, -0.2) is 0 Å². The van der Waals surface area contributed by atoms with E-state index < -0.39 is 0 Å². The number of aryl methyl sites for hydroxylation is 1. The van der Waals surface area contributed by atoms with Crippen LogP contribution in [0.4, 0.5) is 0 Å². The molecule has 0 spiro atoms. The maximum atomic E-state index is 8.79. The fraction of sp³-hybridized carbons (Fsp3) is 0.500. The van der Waals surface area contributed by atoms with E-state index in [9.17, 15) is 0 Å². The predicted molar refractivity (Wildman–Crippen MR) is 57.1 cm³/mol. The Hall–Kier alpha value is -1.06. The average molecular weight is 208 g/mol. The van der Waals surface area contributed by atoms with Crippen LogP contribution < -0.4 is 4.74 Å². The van der Waals surface area contributed by atoms with E-state index in [0.29, 0.717) is 6.61 Å². The fourth-order valence-corrected chi connectivity index (χ4v) is 1.47. The summed E-state index contributed by atoms with van der Waals surface area (Å²) in [5, 5.41) is 8.79. The zero-order valence-electron chi connectivity index (χ0n) is 8.69. The summed E-state index contributed by atoms with van der Waals surface area (Å²) in [6, 6.07) is 7.96. The monoisotopic (exact) mass is 208 g/mol. The Balaban J connectivity index is 1.93. The summed E-state index contributed by atoms with van der Waals surface area (Å²) in [6.45, 7) is 1.68. The van der Waals surface area contributed by atoms with Gasteiger partial charge in [0.15, 0.2) is 0 Å². The van der Waals surface area contributed by atoms with Crippen molar-refractivity contribution >= 4 is 0 Å². The van der Waals surface area contributed by atoms with Crippen LogP contribution in [-0.2, 0) is 11.2 Å². The van der Waals surface area contributed by atoms with Gasteiger partial charge in [-0.3, -0.25) is 0 Å². The van der Waals surface area contributed by atoms with E-state index in [1.807, 2.05) is 24.3 Å². The maximum absolute atomic E-state index is 8.79. The molecule has 1 aromatic carbocycles. The number of hydrogen-bond acceptors (Lipinski definition) is 3. The SMILES string of the molecule is OCCCc1ccccc1OCC1CO1. The molecule has 0 amide bonds. The van der Waals surface area contributed by atoms with Gasteiger partial charge in [0.25, 0.3) is 0 Å². The first-order chi connectivity index (χ1) is 7.40. The lowest BCUT2D eigenvalue weighted by atomic mass is 10.1. The second-order valence-electron chi connectivity index (χ2n) is 3.70. The van der Waals surface area contributed by atoms with Crippen molar-refractivity contribution in [1.29, 1.82) is 0 Å². The minimum atomic E-state index is 0.222. The molecule has 1 heterocycles. The Morgan fingerprint density at radius 2 is 2.20 bits per heavy atom. The minimum Gasteiger partial charge on any atom is -0.491 e. The van der Waals surface area contributed by atoms with E-state index in [4.69, 9.17) is 14.6 Å². The third-order valence-corrected chi connectivity index (χ3v) is 2.40. The molecular formula is C12H16O3. The van der Waals surface area contributed by atoms with Crippen LogP contribution in [0.5, 0.6) is 5.75 Å². The van der Waals surface area contributed by atoms with Gasteiger partial charge in [0.05, 0.1) is 6.61 Å². The Bertz CT molecular complexity index is 307. The summed E-state index contributed by atoms with van der Waals surface area (Å²) in [5.74, 6) is 0.918. The van der Waals surface area contributed by atoms with E-state index in [-0.39, 0.29) is 12.7 Å². The highest BCUT2D eigenvalue weighted by atomic mass is 16.6. The number of benzene rings is 1. The van der Waals surface area contributed by atoms with Crippen LogP contribution >= 0.6 is 0 Å². The molecule has 3 heteroatoms. The Labute approximate surface area is 89.6 Å². The first kappa shape index (κ1) is 10.5.